The van der Waals surface area contributed by atoms with Gasteiger partial charge in [-0.05, 0) is 46.5 Å². The van der Waals surface area contributed by atoms with Gasteiger partial charge in [0, 0.05) is 23.3 Å². The first-order valence-corrected chi connectivity index (χ1v) is 7.56. The zero-order valence-electron chi connectivity index (χ0n) is 11.3. The molecule has 0 N–H and O–H groups in total. The average molecular weight is 361 g/mol. The molecule has 4 nitrogen and oxygen atoms in total. The molecule has 108 valence electrons. The van der Waals surface area contributed by atoms with Crippen LogP contribution in [0, 0.1) is 12.8 Å². The number of hydrogen-bond acceptors (Lipinski definition) is 3. The van der Waals surface area contributed by atoms with Crippen molar-refractivity contribution in [3.63, 3.8) is 0 Å². The first-order valence-electron chi connectivity index (χ1n) is 6.23. The monoisotopic (exact) mass is 359 g/mol. The fraction of sp³-hybridized carbons (Fsp3) is 0.429. The number of halogens is 2. The van der Waals surface area contributed by atoms with Crippen molar-refractivity contribution < 1.29 is 14.3 Å². The smallest absolute Gasteiger partial charge is 0.338 e. The Morgan fingerprint density at radius 2 is 2.25 bits per heavy atom. The van der Waals surface area contributed by atoms with Gasteiger partial charge in [0.25, 0.3) is 0 Å². The van der Waals surface area contributed by atoms with Crippen LogP contribution in [-0.4, -0.2) is 31.4 Å². The van der Waals surface area contributed by atoms with Gasteiger partial charge in [0.1, 0.15) is 0 Å². The number of alkyl halides is 1. The lowest BCUT2D eigenvalue weighted by Gasteiger charge is -2.20. The molecule has 1 aliphatic heterocycles. The van der Waals surface area contributed by atoms with Crippen molar-refractivity contribution >= 4 is 45.1 Å². The highest BCUT2D eigenvalue weighted by Gasteiger charge is 2.31. The molecule has 1 aromatic rings. The molecule has 0 bridgehead atoms. The zero-order valence-corrected chi connectivity index (χ0v) is 13.6. The number of methoxy groups -OCH3 is 1. The van der Waals surface area contributed by atoms with Crippen LogP contribution in [0.5, 0.6) is 0 Å². The fourth-order valence-electron chi connectivity index (χ4n) is 2.33. The second-order valence-corrected chi connectivity index (χ2v) is 5.89. The Labute approximate surface area is 131 Å². The van der Waals surface area contributed by atoms with E-state index in [-0.39, 0.29) is 17.8 Å². The number of ether oxygens (including phenoxy) is 1. The molecule has 0 radical (unpaired) electrons. The molecule has 6 heteroatoms. The van der Waals surface area contributed by atoms with Crippen molar-refractivity contribution in [3.8, 4) is 0 Å². The van der Waals surface area contributed by atoms with Crippen molar-refractivity contribution in [1.82, 2.24) is 0 Å². The quantitative estimate of drug-likeness (QED) is 0.614. The van der Waals surface area contributed by atoms with Crippen LogP contribution in [0.4, 0.5) is 5.69 Å². The second kappa shape index (κ2) is 6.14. The molecule has 1 unspecified atom stereocenters. The maximum absolute atomic E-state index is 12.0. The number of nitrogens with zero attached hydrogens (tertiary/aromatic N) is 1. The fourth-order valence-corrected chi connectivity index (χ4v) is 3.09. The largest absolute Gasteiger partial charge is 0.465 e. The summed E-state index contributed by atoms with van der Waals surface area (Å²) in [7, 11) is 1.35. The number of amides is 1. The van der Waals surface area contributed by atoms with Gasteiger partial charge >= 0.3 is 5.97 Å². The maximum atomic E-state index is 12.0. The van der Waals surface area contributed by atoms with Gasteiger partial charge in [-0.3, -0.25) is 4.79 Å². The standard InChI is InChI=1S/C14H15BrClNO3/c1-8-10(14(19)20-2)3-4-11(13(8)15)17-7-9(6-16)5-12(17)18/h3-4,9H,5-7H2,1-2H3. The summed E-state index contributed by atoms with van der Waals surface area (Å²) in [5.74, 6) is 0.318. The van der Waals surface area contributed by atoms with Gasteiger partial charge in [-0.2, -0.15) is 0 Å². The van der Waals surface area contributed by atoms with E-state index in [0.29, 0.717) is 24.4 Å². The van der Waals surface area contributed by atoms with Crippen LogP contribution >= 0.6 is 27.5 Å². The number of rotatable bonds is 3. The molecule has 2 rings (SSSR count). The molecule has 1 heterocycles. The number of esters is 1. The minimum atomic E-state index is -0.388. The third-order valence-corrected chi connectivity index (χ3v) is 4.92. The highest BCUT2D eigenvalue weighted by atomic mass is 79.9. The summed E-state index contributed by atoms with van der Waals surface area (Å²) < 4.78 is 5.48. The topological polar surface area (TPSA) is 46.6 Å². The minimum absolute atomic E-state index is 0.0570. The van der Waals surface area contributed by atoms with E-state index in [1.165, 1.54) is 7.11 Å². The molecule has 1 amide bonds. The second-order valence-electron chi connectivity index (χ2n) is 4.79. The molecule has 1 aliphatic rings. The number of benzene rings is 1. The maximum Gasteiger partial charge on any atom is 0.338 e. The lowest BCUT2D eigenvalue weighted by Crippen LogP contribution is -2.25. The average Bonchev–Trinajstić information content (AvgIpc) is 2.82. The molecular weight excluding hydrogens is 346 g/mol. The molecule has 0 aliphatic carbocycles. The van der Waals surface area contributed by atoms with E-state index in [4.69, 9.17) is 16.3 Å². The van der Waals surface area contributed by atoms with Gasteiger partial charge in [0.2, 0.25) is 5.91 Å². The number of anilines is 1. The van der Waals surface area contributed by atoms with Crippen molar-refractivity contribution in [2.45, 2.75) is 13.3 Å². The van der Waals surface area contributed by atoms with Gasteiger partial charge in [0.15, 0.2) is 0 Å². The summed E-state index contributed by atoms with van der Waals surface area (Å²) in [6.07, 6.45) is 0.466. The Morgan fingerprint density at radius 1 is 1.55 bits per heavy atom. The summed E-state index contributed by atoms with van der Waals surface area (Å²) >= 11 is 9.30. The minimum Gasteiger partial charge on any atom is -0.465 e. The van der Waals surface area contributed by atoms with Crippen LogP contribution in [-0.2, 0) is 9.53 Å². The van der Waals surface area contributed by atoms with Crippen LogP contribution in [0.2, 0.25) is 0 Å². The molecule has 0 aromatic heterocycles. The van der Waals surface area contributed by atoms with E-state index in [1.54, 1.807) is 17.0 Å². The summed E-state index contributed by atoms with van der Waals surface area (Å²) in [5.41, 5.74) is 2.02. The van der Waals surface area contributed by atoms with Crippen LogP contribution < -0.4 is 4.90 Å². The number of carbonyl (C=O) groups excluding carboxylic acids is 2. The summed E-state index contributed by atoms with van der Waals surface area (Å²) in [4.78, 5) is 25.4. The van der Waals surface area contributed by atoms with E-state index in [1.807, 2.05) is 6.92 Å². The van der Waals surface area contributed by atoms with Crippen molar-refractivity contribution in [3.05, 3.63) is 27.7 Å². The molecule has 0 saturated carbocycles. The Kier molecular flexibility index (Phi) is 4.70. The summed E-state index contributed by atoms with van der Waals surface area (Å²) in [5, 5.41) is 0. The van der Waals surface area contributed by atoms with Gasteiger partial charge in [0.05, 0.1) is 18.4 Å². The molecular formula is C14H15BrClNO3. The highest BCUT2D eigenvalue weighted by Crippen LogP contribution is 2.35. The third kappa shape index (κ3) is 2.69. The van der Waals surface area contributed by atoms with Crippen LogP contribution in [0.3, 0.4) is 0 Å². The number of carbonyl (C=O) groups is 2. The van der Waals surface area contributed by atoms with Gasteiger partial charge < -0.3 is 9.64 Å². The zero-order chi connectivity index (χ0) is 14.9. The summed E-state index contributed by atoms with van der Waals surface area (Å²) in [6.45, 7) is 2.43. The first kappa shape index (κ1) is 15.3. The normalized spacial score (nSPS) is 18.5. The van der Waals surface area contributed by atoms with E-state index < -0.39 is 0 Å². The molecule has 1 saturated heterocycles. The van der Waals surface area contributed by atoms with Gasteiger partial charge in [-0.15, -0.1) is 11.6 Å². The molecule has 1 aromatic carbocycles. The predicted molar refractivity (Wildman–Crippen MR) is 81.4 cm³/mol. The van der Waals surface area contributed by atoms with E-state index in [2.05, 4.69) is 15.9 Å². The number of hydrogen-bond donors (Lipinski definition) is 0. The molecule has 1 atom stereocenters. The lowest BCUT2D eigenvalue weighted by molar-refractivity contribution is -0.117. The van der Waals surface area contributed by atoms with Crippen LogP contribution in [0.25, 0.3) is 0 Å². The van der Waals surface area contributed by atoms with E-state index in [9.17, 15) is 9.59 Å². The van der Waals surface area contributed by atoms with Crippen molar-refractivity contribution in [1.29, 1.82) is 0 Å². The molecule has 1 fully saturated rings. The Balaban J connectivity index is 2.37. The lowest BCUT2D eigenvalue weighted by atomic mass is 10.1. The first-order chi connectivity index (χ1) is 9.49. The molecule has 0 spiro atoms. The predicted octanol–water partition coefficient (Wildman–Crippen LogP) is 3.14. The van der Waals surface area contributed by atoms with E-state index in [0.717, 1.165) is 15.7 Å². The Hall–Kier alpha value is -1.07. The van der Waals surface area contributed by atoms with Crippen molar-refractivity contribution in [2.24, 2.45) is 5.92 Å². The van der Waals surface area contributed by atoms with E-state index >= 15 is 0 Å². The molecule has 20 heavy (non-hydrogen) atoms. The van der Waals surface area contributed by atoms with Crippen LogP contribution in [0.15, 0.2) is 16.6 Å². The SMILES string of the molecule is COC(=O)c1ccc(N2CC(CCl)CC2=O)c(Br)c1C. The van der Waals surface area contributed by atoms with Gasteiger partial charge in [-0.1, -0.05) is 0 Å². The summed E-state index contributed by atoms with van der Waals surface area (Å²) in [6, 6.07) is 3.44. The Bertz CT molecular complexity index is 562. The van der Waals surface area contributed by atoms with Crippen LogP contribution in [0.1, 0.15) is 22.3 Å². The Morgan fingerprint density at radius 3 is 2.80 bits per heavy atom. The van der Waals surface area contributed by atoms with Gasteiger partial charge in [-0.25, -0.2) is 4.79 Å². The highest BCUT2D eigenvalue weighted by molar-refractivity contribution is 9.10. The van der Waals surface area contributed by atoms with Crippen molar-refractivity contribution in [2.75, 3.05) is 24.4 Å². The third-order valence-electron chi connectivity index (χ3n) is 3.49.